The van der Waals surface area contributed by atoms with E-state index in [1.165, 1.54) is 11.3 Å². The van der Waals surface area contributed by atoms with Gasteiger partial charge in [0.25, 0.3) is 5.91 Å². The first-order chi connectivity index (χ1) is 11.9. The lowest BCUT2D eigenvalue weighted by Crippen LogP contribution is -2.36. The Kier molecular flexibility index (Phi) is 5.08. The van der Waals surface area contributed by atoms with Gasteiger partial charge in [0.2, 0.25) is 5.76 Å². The topological polar surface area (TPSA) is 62.5 Å². The molecule has 0 radical (unpaired) electrons. The lowest BCUT2D eigenvalue weighted by atomic mass is 10.2. The third-order valence-electron chi connectivity index (χ3n) is 3.77. The number of fused-ring (bicyclic) bond motifs is 1. The summed E-state index contributed by atoms with van der Waals surface area (Å²) in [7, 11) is 3.92. The Balaban J connectivity index is 2.03. The molecule has 3 rings (SSSR count). The van der Waals surface area contributed by atoms with Crippen molar-refractivity contribution in [2.24, 2.45) is 0 Å². The van der Waals surface area contributed by atoms with E-state index in [0.717, 1.165) is 15.8 Å². The largest absolute Gasteiger partial charge is 0.351 e. The predicted molar refractivity (Wildman–Crippen MR) is 101 cm³/mol. The van der Waals surface area contributed by atoms with Crippen molar-refractivity contribution in [3.8, 4) is 0 Å². The molecule has 0 aliphatic carbocycles. The molecule has 0 saturated heterocycles. The highest BCUT2D eigenvalue weighted by Gasteiger charge is 2.25. The number of thiazole rings is 1. The minimum Gasteiger partial charge on any atom is -0.351 e. The van der Waals surface area contributed by atoms with E-state index in [-0.39, 0.29) is 11.7 Å². The van der Waals surface area contributed by atoms with Crippen molar-refractivity contribution in [3.63, 3.8) is 0 Å². The van der Waals surface area contributed by atoms with Gasteiger partial charge in [0.15, 0.2) is 5.13 Å². The number of halogens is 1. The number of anilines is 1. The second-order valence-corrected chi connectivity index (χ2v) is 7.52. The van der Waals surface area contributed by atoms with Crippen molar-refractivity contribution in [1.82, 2.24) is 15.0 Å². The van der Waals surface area contributed by atoms with Crippen LogP contribution < -0.4 is 4.90 Å². The van der Waals surface area contributed by atoms with Gasteiger partial charge in [-0.1, -0.05) is 34.2 Å². The summed E-state index contributed by atoms with van der Waals surface area (Å²) < 4.78 is 6.04. The summed E-state index contributed by atoms with van der Waals surface area (Å²) in [6.07, 6.45) is 0. The van der Waals surface area contributed by atoms with Gasteiger partial charge in [0, 0.05) is 19.2 Å². The quantitative estimate of drug-likeness (QED) is 0.676. The smallest absolute Gasteiger partial charge is 0.298 e. The Morgan fingerprint density at radius 2 is 2.04 bits per heavy atom. The molecule has 3 aromatic rings. The normalized spacial score (nSPS) is 11.4. The van der Waals surface area contributed by atoms with Gasteiger partial charge < -0.3 is 9.42 Å². The summed E-state index contributed by atoms with van der Waals surface area (Å²) >= 11 is 7.71. The standard InChI is InChI=1S/C17H19ClN4O2S/c1-10-5-6-12(18)15-14(10)19-17(25-15)22(8-7-21(3)4)16(23)13-9-11(2)20-24-13/h5-6,9H,7-8H2,1-4H3. The third-order valence-corrected chi connectivity index (χ3v) is 5.31. The van der Waals surface area contributed by atoms with Gasteiger partial charge >= 0.3 is 0 Å². The van der Waals surface area contributed by atoms with Crippen molar-refractivity contribution in [3.05, 3.63) is 40.2 Å². The number of hydrogen-bond acceptors (Lipinski definition) is 6. The van der Waals surface area contributed by atoms with Gasteiger partial charge in [-0.05, 0) is 39.6 Å². The second kappa shape index (κ2) is 7.11. The maximum Gasteiger partial charge on any atom is 0.298 e. The Morgan fingerprint density at radius 3 is 2.64 bits per heavy atom. The highest BCUT2D eigenvalue weighted by Crippen LogP contribution is 2.36. The fourth-order valence-electron chi connectivity index (χ4n) is 2.39. The van der Waals surface area contributed by atoms with Gasteiger partial charge in [0.1, 0.15) is 0 Å². The molecular formula is C17H19ClN4O2S. The zero-order valence-corrected chi connectivity index (χ0v) is 16.1. The molecule has 0 aliphatic heterocycles. The highest BCUT2D eigenvalue weighted by atomic mass is 35.5. The van der Waals surface area contributed by atoms with Crippen LogP contribution in [0.1, 0.15) is 21.8 Å². The van der Waals surface area contributed by atoms with E-state index in [9.17, 15) is 4.79 Å². The lowest BCUT2D eigenvalue weighted by molar-refractivity contribution is 0.0949. The zero-order chi connectivity index (χ0) is 18.1. The Hall–Kier alpha value is -1.96. The van der Waals surface area contributed by atoms with Gasteiger partial charge in [0.05, 0.1) is 20.9 Å². The zero-order valence-electron chi connectivity index (χ0n) is 14.5. The number of carbonyl (C=O) groups is 1. The van der Waals surface area contributed by atoms with E-state index in [0.29, 0.717) is 28.9 Å². The molecule has 0 aliphatic rings. The van der Waals surface area contributed by atoms with Crippen molar-refractivity contribution < 1.29 is 9.32 Å². The fourth-order valence-corrected chi connectivity index (χ4v) is 3.73. The van der Waals surface area contributed by atoms with E-state index in [1.54, 1.807) is 17.9 Å². The monoisotopic (exact) mass is 378 g/mol. The van der Waals surface area contributed by atoms with Crippen LogP contribution in [0.4, 0.5) is 5.13 Å². The van der Waals surface area contributed by atoms with Crippen LogP contribution in [0.25, 0.3) is 10.2 Å². The highest BCUT2D eigenvalue weighted by molar-refractivity contribution is 7.23. The molecule has 0 spiro atoms. The van der Waals surface area contributed by atoms with E-state index in [1.807, 2.05) is 38.1 Å². The van der Waals surface area contributed by atoms with Crippen LogP contribution in [0.3, 0.4) is 0 Å². The number of benzene rings is 1. The molecule has 0 fully saturated rings. The van der Waals surface area contributed by atoms with Crippen molar-refractivity contribution in [2.75, 3.05) is 32.1 Å². The molecule has 0 unspecified atom stereocenters. The molecule has 8 heteroatoms. The first-order valence-electron chi connectivity index (χ1n) is 7.82. The summed E-state index contributed by atoms with van der Waals surface area (Å²) in [6, 6.07) is 5.42. The molecule has 2 heterocycles. The van der Waals surface area contributed by atoms with Crippen molar-refractivity contribution >= 4 is 44.2 Å². The fraction of sp³-hybridized carbons (Fsp3) is 0.353. The molecule has 2 aromatic heterocycles. The minimum absolute atomic E-state index is 0.207. The van der Waals surface area contributed by atoms with Crippen molar-refractivity contribution in [2.45, 2.75) is 13.8 Å². The molecule has 0 atom stereocenters. The second-order valence-electron chi connectivity index (χ2n) is 6.13. The van der Waals surface area contributed by atoms with Crippen LogP contribution in [0.2, 0.25) is 5.02 Å². The lowest BCUT2D eigenvalue weighted by Gasteiger charge is -2.20. The van der Waals surface area contributed by atoms with Crippen LogP contribution in [0.15, 0.2) is 22.7 Å². The van der Waals surface area contributed by atoms with E-state index in [4.69, 9.17) is 16.1 Å². The maximum atomic E-state index is 12.9. The molecule has 25 heavy (non-hydrogen) atoms. The molecule has 132 valence electrons. The van der Waals surface area contributed by atoms with Gasteiger partial charge in [-0.15, -0.1) is 0 Å². The number of hydrogen-bond donors (Lipinski definition) is 0. The molecule has 6 nitrogen and oxygen atoms in total. The van der Waals surface area contributed by atoms with Crippen LogP contribution in [-0.4, -0.2) is 48.1 Å². The number of amides is 1. The summed E-state index contributed by atoms with van der Waals surface area (Å²) in [4.78, 5) is 21.2. The van der Waals surface area contributed by atoms with Gasteiger partial charge in [-0.3, -0.25) is 9.69 Å². The number of nitrogens with zero attached hydrogens (tertiary/aromatic N) is 4. The van der Waals surface area contributed by atoms with E-state index in [2.05, 4.69) is 10.1 Å². The number of aryl methyl sites for hydroxylation is 2. The molecule has 0 saturated carbocycles. The van der Waals surface area contributed by atoms with Crippen LogP contribution in [0.5, 0.6) is 0 Å². The average molecular weight is 379 g/mol. The Labute approximate surface area is 155 Å². The van der Waals surface area contributed by atoms with E-state index < -0.39 is 0 Å². The Morgan fingerprint density at radius 1 is 1.28 bits per heavy atom. The first-order valence-corrected chi connectivity index (χ1v) is 9.02. The summed E-state index contributed by atoms with van der Waals surface area (Å²) in [5.41, 5.74) is 2.51. The molecule has 0 N–H and O–H groups in total. The Bertz CT molecular complexity index is 880. The molecular weight excluding hydrogens is 360 g/mol. The summed E-state index contributed by atoms with van der Waals surface area (Å²) in [5.74, 6) is -0.0476. The van der Waals surface area contributed by atoms with Gasteiger partial charge in [-0.25, -0.2) is 4.98 Å². The molecule has 1 amide bonds. The third kappa shape index (κ3) is 3.68. The minimum atomic E-state index is -0.254. The SMILES string of the molecule is Cc1cc(C(=O)N(CCN(C)C)c2nc3c(C)ccc(Cl)c3s2)on1. The molecule has 0 bridgehead atoms. The average Bonchev–Trinajstić information content (AvgIpc) is 3.18. The first kappa shape index (κ1) is 17.8. The van der Waals surface area contributed by atoms with Crippen molar-refractivity contribution in [1.29, 1.82) is 0 Å². The predicted octanol–water partition coefficient (Wildman–Crippen LogP) is 3.76. The number of likely N-dealkylation sites (N-methyl/N-ethyl adjacent to an activating group) is 1. The van der Waals surface area contributed by atoms with E-state index >= 15 is 0 Å². The number of carbonyl (C=O) groups excluding carboxylic acids is 1. The molecule has 1 aromatic carbocycles. The maximum absolute atomic E-state index is 12.9. The van der Waals surface area contributed by atoms with Gasteiger partial charge in [-0.2, -0.15) is 0 Å². The van der Waals surface area contributed by atoms with Crippen LogP contribution >= 0.6 is 22.9 Å². The summed E-state index contributed by atoms with van der Waals surface area (Å²) in [5, 5.41) is 5.05. The number of rotatable bonds is 5. The number of aromatic nitrogens is 2. The van der Waals surface area contributed by atoms with Crippen LogP contribution in [-0.2, 0) is 0 Å². The summed E-state index contributed by atoms with van der Waals surface area (Å²) in [6.45, 7) is 4.95. The van der Waals surface area contributed by atoms with Crippen LogP contribution in [0, 0.1) is 13.8 Å².